The summed E-state index contributed by atoms with van der Waals surface area (Å²) in [7, 11) is 0. The van der Waals surface area contributed by atoms with Crippen molar-refractivity contribution in [1.82, 2.24) is 20.2 Å². The number of benzene rings is 1. The van der Waals surface area contributed by atoms with E-state index in [1.807, 2.05) is 18.2 Å². The number of ketones is 1. The van der Waals surface area contributed by atoms with E-state index in [4.69, 9.17) is 0 Å². The molecule has 1 heterocycles. The quantitative estimate of drug-likeness (QED) is 0.660. The van der Waals surface area contributed by atoms with Crippen molar-refractivity contribution < 1.29 is 4.79 Å². The van der Waals surface area contributed by atoms with Crippen LogP contribution in [-0.2, 0) is 6.54 Å². The lowest BCUT2D eigenvalue weighted by Crippen LogP contribution is -2.10. The number of rotatable bonds is 3. The minimum atomic E-state index is -0.00194. The Morgan fingerprint density at radius 3 is 2.71 bits per heavy atom. The molecule has 0 aliphatic rings. The van der Waals surface area contributed by atoms with Gasteiger partial charge in [-0.2, -0.15) is 0 Å². The molecule has 0 aliphatic heterocycles. The molecule has 0 saturated carbocycles. The van der Waals surface area contributed by atoms with E-state index in [-0.39, 0.29) is 12.3 Å². The van der Waals surface area contributed by atoms with Crippen LogP contribution in [-0.4, -0.2) is 26.0 Å². The molecule has 0 amide bonds. The molecule has 2 aromatic rings. The van der Waals surface area contributed by atoms with Crippen molar-refractivity contribution in [1.29, 1.82) is 0 Å². The Morgan fingerprint density at radius 2 is 2.07 bits per heavy atom. The van der Waals surface area contributed by atoms with Gasteiger partial charge < -0.3 is 0 Å². The second-order valence-corrected chi connectivity index (χ2v) is 2.80. The molecular weight excluding hydrogens is 180 g/mol. The van der Waals surface area contributed by atoms with E-state index >= 15 is 0 Å². The van der Waals surface area contributed by atoms with E-state index in [1.165, 1.54) is 11.0 Å². The lowest BCUT2D eigenvalue weighted by molar-refractivity contribution is 0.0967. The Balaban J connectivity index is 2.11. The molecule has 0 spiro atoms. The standard InChI is InChI=1S/C9H8N4O/c14-9(6-13-7-10-11-12-13)8-4-2-1-3-5-8/h1-5,7H,6H2. The third-order valence-electron chi connectivity index (χ3n) is 1.79. The number of hydrogen-bond donors (Lipinski definition) is 0. The Labute approximate surface area is 80.4 Å². The fourth-order valence-corrected chi connectivity index (χ4v) is 1.12. The molecule has 0 aliphatic carbocycles. The van der Waals surface area contributed by atoms with Crippen molar-refractivity contribution in [3.63, 3.8) is 0 Å². The van der Waals surface area contributed by atoms with Gasteiger partial charge in [0.25, 0.3) is 0 Å². The smallest absolute Gasteiger partial charge is 0.184 e. The average Bonchev–Trinajstić information content (AvgIpc) is 2.72. The Hall–Kier alpha value is -2.04. The average molecular weight is 188 g/mol. The van der Waals surface area contributed by atoms with E-state index in [9.17, 15) is 4.79 Å². The van der Waals surface area contributed by atoms with E-state index in [1.54, 1.807) is 12.1 Å². The van der Waals surface area contributed by atoms with Crippen molar-refractivity contribution in [3.8, 4) is 0 Å². The molecule has 70 valence electrons. The molecule has 5 nitrogen and oxygen atoms in total. The summed E-state index contributed by atoms with van der Waals surface area (Å²) in [5, 5.41) is 10.5. The van der Waals surface area contributed by atoms with Crippen LogP contribution in [0.4, 0.5) is 0 Å². The molecule has 1 aromatic carbocycles. The molecule has 2 rings (SSSR count). The first-order valence-electron chi connectivity index (χ1n) is 4.15. The maximum absolute atomic E-state index is 11.6. The van der Waals surface area contributed by atoms with Gasteiger partial charge in [-0.3, -0.25) is 4.79 Å². The van der Waals surface area contributed by atoms with E-state index in [0.717, 1.165) is 0 Å². The lowest BCUT2D eigenvalue weighted by atomic mass is 10.1. The van der Waals surface area contributed by atoms with Gasteiger partial charge in [-0.1, -0.05) is 30.3 Å². The first-order chi connectivity index (χ1) is 6.86. The van der Waals surface area contributed by atoms with Crippen LogP contribution < -0.4 is 0 Å². The van der Waals surface area contributed by atoms with Crippen molar-refractivity contribution >= 4 is 5.78 Å². The number of carbonyl (C=O) groups is 1. The van der Waals surface area contributed by atoms with Gasteiger partial charge in [0.15, 0.2) is 5.78 Å². The van der Waals surface area contributed by atoms with Gasteiger partial charge in [0.2, 0.25) is 0 Å². The summed E-state index contributed by atoms with van der Waals surface area (Å²) in [6, 6.07) is 9.06. The van der Waals surface area contributed by atoms with Crippen molar-refractivity contribution in [3.05, 3.63) is 42.2 Å². The first kappa shape index (κ1) is 8.55. The minimum absolute atomic E-state index is 0.00194. The highest BCUT2D eigenvalue weighted by Gasteiger charge is 2.05. The van der Waals surface area contributed by atoms with Crippen LogP contribution in [0.3, 0.4) is 0 Å². The summed E-state index contributed by atoms with van der Waals surface area (Å²) in [5.41, 5.74) is 0.669. The third-order valence-corrected chi connectivity index (χ3v) is 1.79. The Bertz CT molecular complexity index is 410. The van der Waals surface area contributed by atoms with Crippen LogP contribution in [0, 0.1) is 0 Å². The zero-order valence-electron chi connectivity index (χ0n) is 7.37. The van der Waals surface area contributed by atoms with Gasteiger partial charge in [-0.15, -0.1) is 5.10 Å². The van der Waals surface area contributed by atoms with E-state index < -0.39 is 0 Å². The number of hydrogen-bond acceptors (Lipinski definition) is 4. The predicted molar refractivity (Wildman–Crippen MR) is 48.6 cm³/mol. The summed E-state index contributed by atoms with van der Waals surface area (Å²) in [4.78, 5) is 11.6. The van der Waals surface area contributed by atoms with Crippen LogP contribution >= 0.6 is 0 Å². The molecule has 0 N–H and O–H groups in total. The highest BCUT2D eigenvalue weighted by atomic mass is 16.1. The van der Waals surface area contributed by atoms with Gasteiger partial charge in [0.05, 0.1) is 0 Å². The van der Waals surface area contributed by atoms with Crippen LogP contribution in [0.2, 0.25) is 0 Å². The number of nitrogens with zero attached hydrogens (tertiary/aromatic N) is 4. The summed E-state index contributed by atoms with van der Waals surface area (Å²) in [6.07, 6.45) is 1.42. The lowest BCUT2D eigenvalue weighted by Gasteiger charge is -1.98. The fourth-order valence-electron chi connectivity index (χ4n) is 1.12. The number of Topliss-reactive ketones (excluding diaryl/α,β-unsaturated/α-hetero) is 1. The molecule has 0 fully saturated rings. The van der Waals surface area contributed by atoms with Crippen molar-refractivity contribution in [2.45, 2.75) is 6.54 Å². The molecule has 0 radical (unpaired) electrons. The molecule has 0 unspecified atom stereocenters. The highest BCUT2D eigenvalue weighted by Crippen LogP contribution is 2.00. The van der Waals surface area contributed by atoms with Crippen LogP contribution in [0.15, 0.2) is 36.7 Å². The minimum Gasteiger partial charge on any atom is -0.292 e. The molecule has 0 bridgehead atoms. The molecular formula is C9H8N4O. The fraction of sp³-hybridized carbons (Fsp3) is 0.111. The SMILES string of the molecule is O=C(Cn1cnnn1)c1ccccc1. The first-order valence-corrected chi connectivity index (χ1v) is 4.15. The molecule has 0 atom stereocenters. The van der Waals surface area contributed by atoms with Gasteiger partial charge in [0.1, 0.15) is 12.9 Å². The van der Waals surface area contributed by atoms with Crippen LogP contribution in [0.25, 0.3) is 0 Å². The summed E-state index contributed by atoms with van der Waals surface area (Å²) < 4.78 is 1.40. The van der Waals surface area contributed by atoms with Gasteiger partial charge in [0, 0.05) is 5.56 Å². The number of aromatic nitrogens is 4. The molecule has 14 heavy (non-hydrogen) atoms. The molecule has 1 aromatic heterocycles. The van der Waals surface area contributed by atoms with Gasteiger partial charge in [-0.05, 0) is 10.4 Å². The molecule has 0 saturated heterocycles. The zero-order valence-corrected chi connectivity index (χ0v) is 7.37. The largest absolute Gasteiger partial charge is 0.292 e. The van der Waals surface area contributed by atoms with Crippen molar-refractivity contribution in [2.75, 3.05) is 0 Å². The summed E-state index contributed by atoms with van der Waals surface area (Å²) >= 11 is 0. The van der Waals surface area contributed by atoms with Crippen LogP contribution in [0.5, 0.6) is 0 Å². The predicted octanol–water partition coefficient (Wildman–Crippen LogP) is 0.556. The Morgan fingerprint density at radius 1 is 1.29 bits per heavy atom. The van der Waals surface area contributed by atoms with E-state index in [0.29, 0.717) is 5.56 Å². The van der Waals surface area contributed by atoms with E-state index in [2.05, 4.69) is 15.5 Å². The maximum Gasteiger partial charge on any atom is 0.184 e. The van der Waals surface area contributed by atoms with Crippen LogP contribution in [0.1, 0.15) is 10.4 Å². The second-order valence-electron chi connectivity index (χ2n) is 2.80. The monoisotopic (exact) mass is 188 g/mol. The van der Waals surface area contributed by atoms with Gasteiger partial charge in [-0.25, -0.2) is 4.68 Å². The number of tetrazole rings is 1. The van der Waals surface area contributed by atoms with Crippen molar-refractivity contribution in [2.24, 2.45) is 0 Å². The normalized spacial score (nSPS) is 10.0. The zero-order chi connectivity index (χ0) is 9.80. The molecule has 5 heteroatoms. The number of carbonyl (C=O) groups excluding carboxylic acids is 1. The second kappa shape index (κ2) is 3.78. The summed E-state index contributed by atoms with van der Waals surface area (Å²) in [5.74, 6) is -0.00194. The third kappa shape index (κ3) is 1.82. The Kier molecular flexibility index (Phi) is 2.31. The van der Waals surface area contributed by atoms with Gasteiger partial charge >= 0.3 is 0 Å². The maximum atomic E-state index is 11.6. The topological polar surface area (TPSA) is 60.7 Å². The highest BCUT2D eigenvalue weighted by molar-refractivity contribution is 5.95. The summed E-state index contributed by atoms with van der Waals surface area (Å²) in [6.45, 7) is 0.178.